The third kappa shape index (κ3) is 4.76. The second-order valence-corrected chi connectivity index (χ2v) is 6.93. The van der Waals surface area contributed by atoms with Gasteiger partial charge in [0.05, 0.1) is 11.6 Å². The lowest BCUT2D eigenvalue weighted by atomic mass is 9.81. The van der Waals surface area contributed by atoms with Gasteiger partial charge in [-0.05, 0) is 49.9 Å². The Morgan fingerprint density at radius 3 is 2.26 bits per heavy atom. The molecule has 0 atom stereocenters. The van der Waals surface area contributed by atoms with Crippen molar-refractivity contribution in [2.45, 2.75) is 37.8 Å². The van der Waals surface area contributed by atoms with Crippen molar-refractivity contribution in [1.82, 2.24) is 9.55 Å². The first-order valence-corrected chi connectivity index (χ1v) is 8.82. The Bertz CT molecular complexity index is 829. The molecule has 1 aromatic carbocycles. The number of hydrogen-bond acceptors (Lipinski definition) is 3. The van der Waals surface area contributed by atoms with E-state index < -0.39 is 12.1 Å². The smallest absolute Gasteiger partial charge is 0.373 e. The fourth-order valence-corrected chi connectivity index (χ4v) is 3.56. The maximum absolute atomic E-state index is 12.9. The first-order chi connectivity index (χ1) is 12.3. The molecule has 0 amide bonds. The van der Waals surface area contributed by atoms with Gasteiger partial charge in [0.1, 0.15) is 11.6 Å². The Kier molecular flexibility index (Phi) is 6.81. The topological polar surface area (TPSA) is 46.9 Å². The van der Waals surface area contributed by atoms with Crippen molar-refractivity contribution in [3.05, 3.63) is 51.5 Å². The molecule has 3 rings (SSSR count). The Balaban J connectivity index is 0.00000261. The van der Waals surface area contributed by atoms with Crippen molar-refractivity contribution < 1.29 is 13.2 Å². The van der Waals surface area contributed by atoms with Crippen LogP contribution in [0.4, 0.5) is 19.0 Å². The Hall–Kier alpha value is -1.73. The summed E-state index contributed by atoms with van der Waals surface area (Å²) in [4.78, 5) is 17.1. The summed E-state index contributed by atoms with van der Waals surface area (Å²) >= 11 is 5.91. The molecule has 9 heteroatoms. The van der Waals surface area contributed by atoms with E-state index in [9.17, 15) is 18.0 Å². The minimum absolute atomic E-state index is 0. The summed E-state index contributed by atoms with van der Waals surface area (Å²) in [5.41, 5.74) is 0.321. The minimum atomic E-state index is -4.17. The van der Waals surface area contributed by atoms with Gasteiger partial charge in [-0.3, -0.25) is 9.36 Å². The fraction of sp³-hybridized carbons (Fsp3) is 0.444. The summed E-state index contributed by atoms with van der Waals surface area (Å²) < 4.78 is 40.3. The second kappa shape index (κ2) is 8.52. The number of rotatable bonds is 3. The van der Waals surface area contributed by atoms with Gasteiger partial charge in [0, 0.05) is 24.1 Å². The van der Waals surface area contributed by atoms with Crippen LogP contribution in [0.1, 0.15) is 37.4 Å². The number of alkyl halides is 3. The predicted molar refractivity (Wildman–Crippen MR) is 102 cm³/mol. The Morgan fingerprint density at radius 1 is 1.15 bits per heavy atom. The van der Waals surface area contributed by atoms with E-state index >= 15 is 0 Å². The molecule has 0 radical (unpaired) electrons. The first-order valence-electron chi connectivity index (χ1n) is 8.44. The summed E-state index contributed by atoms with van der Waals surface area (Å²) in [6, 6.07) is 8.11. The van der Waals surface area contributed by atoms with Gasteiger partial charge in [-0.1, -0.05) is 11.6 Å². The van der Waals surface area contributed by atoms with Gasteiger partial charge < -0.3 is 5.32 Å². The second-order valence-electron chi connectivity index (χ2n) is 6.49. The normalized spacial score (nSPS) is 20.0. The van der Waals surface area contributed by atoms with E-state index in [0.29, 0.717) is 35.2 Å². The molecule has 0 unspecified atom stereocenters. The lowest BCUT2D eigenvalue weighted by molar-refractivity contribution is -0.182. The van der Waals surface area contributed by atoms with Crippen molar-refractivity contribution in [2.24, 2.45) is 5.92 Å². The average Bonchev–Trinajstić information content (AvgIpc) is 2.61. The number of halogens is 5. The maximum Gasteiger partial charge on any atom is 0.391 e. The summed E-state index contributed by atoms with van der Waals surface area (Å²) in [6.45, 7) is 0. The highest BCUT2D eigenvalue weighted by Gasteiger charge is 2.42. The monoisotopic (exact) mass is 421 g/mol. The molecule has 4 nitrogen and oxygen atoms in total. The minimum Gasteiger partial charge on any atom is -0.373 e. The summed E-state index contributed by atoms with van der Waals surface area (Å²) in [6.07, 6.45) is -3.38. The zero-order valence-corrected chi connectivity index (χ0v) is 16.2. The zero-order chi connectivity index (χ0) is 18.9. The van der Waals surface area contributed by atoms with Crippen LogP contribution >= 0.6 is 24.0 Å². The SMILES string of the molecule is CNc1cc(=O)n(-c2ccc(Cl)cc2)c([C@H]2CC[C@@H](C(F)(F)F)CC2)n1.Cl. The van der Waals surface area contributed by atoms with Crippen molar-refractivity contribution >= 4 is 29.8 Å². The quantitative estimate of drug-likeness (QED) is 0.741. The third-order valence-corrected chi connectivity index (χ3v) is 5.09. The number of benzene rings is 1. The maximum atomic E-state index is 12.9. The van der Waals surface area contributed by atoms with Gasteiger partial charge in [0.15, 0.2) is 0 Å². The van der Waals surface area contributed by atoms with Crippen molar-refractivity contribution in [3.63, 3.8) is 0 Å². The summed E-state index contributed by atoms with van der Waals surface area (Å²) in [5.74, 6) is -0.579. The highest BCUT2D eigenvalue weighted by Crippen LogP contribution is 2.42. The van der Waals surface area contributed by atoms with E-state index in [4.69, 9.17) is 11.6 Å². The number of anilines is 1. The molecule has 0 saturated heterocycles. The van der Waals surface area contributed by atoms with Crippen LogP contribution in [-0.4, -0.2) is 22.8 Å². The molecule has 0 spiro atoms. The van der Waals surface area contributed by atoms with Gasteiger partial charge in [-0.2, -0.15) is 13.2 Å². The molecule has 1 aromatic heterocycles. The van der Waals surface area contributed by atoms with Gasteiger partial charge in [0.25, 0.3) is 5.56 Å². The first kappa shape index (κ1) is 21.6. The van der Waals surface area contributed by atoms with Crippen molar-refractivity contribution in [3.8, 4) is 5.69 Å². The van der Waals surface area contributed by atoms with E-state index in [0.717, 1.165) is 0 Å². The van der Waals surface area contributed by atoms with Crippen LogP contribution in [0.25, 0.3) is 5.69 Å². The fourth-order valence-electron chi connectivity index (χ4n) is 3.43. The molecule has 0 bridgehead atoms. The molecule has 1 aliphatic rings. The molecule has 27 heavy (non-hydrogen) atoms. The molecule has 1 fully saturated rings. The van der Waals surface area contributed by atoms with Crippen LogP contribution in [0.5, 0.6) is 0 Å². The van der Waals surface area contributed by atoms with E-state index in [1.54, 1.807) is 31.3 Å². The van der Waals surface area contributed by atoms with E-state index in [1.165, 1.54) is 10.6 Å². The molecular formula is C18H20Cl2F3N3O. The van der Waals surface area contributed by atoms with Crippen LogP contribution in [0.15, 0.2) is 35.1 Å². The van der Waals surface area contributed by atoms with Gasteiger partial charge >= 0.3 is 6.18 Å². The van der Waals surface area contributed by atoms with Crippen LogP contribution in [0, 0.1) is 5.92 Å². The third-order valence-electron chi connectivity index (χ3n) is 4.84. The number of nitrogens with one attached hydrogen (secondary N) is 1. The van der Waals surface area contributed by atoms with E-state index in [2.05, 4.69) is 10.3 Å². The van der Waals surface area contributed by atoms with Crippen LogP contribution in [0.2, 0.25) is 5.02 Å². The average molecular weight is 422 g/mol. The largest absolute Gasteiger partial charge is 0.391 e. The predicted octanol–water partition coefficient (Wildman–Crippen LogP) is 5.19. The molecular weight excluding hydrogens is 402 g/mol. The molecule has 2 aromatic rings. The highest BCUT2D eigenvalue weighted by molar-refractivity contribution is 6.30. The zero-order valence-electron chi connectivity index (χ0n) is 14.6. The van der Waals surface area contributed by atoms with Crippen LogP contribution in [-0.2, 0) is 0 Å². The van der Waals surface area contributed by atoms with Gasteiger partial charge in [0.2, 0.25) is 0 Å². The number of hydrogen-bond donors (Lipinski definition) is 1. The standard InChI is InChI=1S/C18H19ClF3N3O.ClH/c1-23-15-10-16(26)25(14-8-6-13(19)7-9-14)17(24-15)11-2-4-12(5-3-11)18(20,21)22;/h6-12,23H,2-5H2,1H3;1H/t11-,12+;. The number of nitrogens with zero attached hydrogens (tertiary/aromatic N) is 2. The van der Waals surface area contributed by atoms with Crippen molar-refractivity contribution in [1.29, 1.82) is 0 Å². The molecule has 1 saturated carbocycles. The van der Waals surface area contributed by atoms with Crippen LogP contribution in [0.3, 0.4) is 0 Å². The Morgan fingerprint density at radius 2 is 1.74 bits per heavy atom. The lowest BCUT2D eigenvalue weighted by Gasteiger charge is -2.30. The van der Waals surface area contributed by atoms with E-state index in [-0.39, 0.29) is 36.7 Å². The van der Waals surface area contributed by atoms with Crippen LogP contribution < -0.4 is 10.9 Å². The molecule has 1 N–H and O–H groups in total. The molecule has 148 valence electrons. The van der Waals surface area contributed by atoms with Gasteiger partial charge in [-0.25, -0.2) is 4.98 Å². The lowest BCUT2D eigenvalue weighted by Crippen LogP contribution is -2.30. The Labute approximate surface area is 166 Å². The van der Waals surface area contributed by atoms with Gasteiger partial charge in [-0.15, -0.1) is 12.4 Å². The highest BCUT2D eigenvalue weighted by atomic mass is 35.5. The molecule has 1 heterocycles. The summed E-state index contributed by atoms with van der Waals surface area (Å²) in [5, 5.41) is 3.38. The summed E-state index contributed by atoms with van der Waals surface area (Å²) in [7, 11) is 1.65. The van der Waals surface area contributed by atoms with E-state index in [1.807, 2.05) is 0 Å². The molecule has 0 aliphatic heterocycles. The van der Waals surface area contributed by atoms with Crippen molar-refractivity contribution in [2.75, 3.05) is 12.4 Å². The molecule has 1 aliphatic carbocycles. The number of aromatic nitrogens is 2.